The molecule has 0 heterocycles. The van der Waals surface area contributed by atoms with Crippen molar-refractivity contribution in [2.75, 3.05) is 18.9 Å². The molecule has 0 radical (unpaired) electrons. The normalized spacial score (nSPS) is 11.9. The SMILES string of the molecule is CCCCOC(COc1cccc(N)c1)NC(C)=O. The highest BCUT2D eigenvalue weighted by molar-refractivity contribution is 5.73. The zero-order valence-corrected chi connectivity index (χ0v) is 11.5. The van der Waals surface area contributed by atoms with E-state index in [1.165, 1.54) is 6.92 Å². The summed E-state index contributed by atoms with van der Waals surface area (Å²) in [4.78, 5) is 11.1. The smallest absolute Gasteiger partial charge is 0.218 e. The van der Waals surface area contributed by atoms with E-state index in [0.29, 0.717) is 18.0 Å². The number of ether oxygens (including phenoxy) is 2. The average Bonchev–Trinajstić information content (AvgIpc) is 2.35. The van der Waals surface area contributed by atoms with E-state index >= 15 is 0 Å². The predicted molar refractivity (Wildman–Crippen MR) is 74.8 cm³/mol. The van der Waals surface area contributed by atoms with Crippen LogP contribution in [0, 0.1) is 0 Å². The van der Waals surface area contributed by atoms with Crippen molar-refractivity contribution in [3.05, 3.63) is 24.3 Å². The molecule has 0 aliphatic carbocycles. The van der Waals surface area contributed by atoms with Crippen molar-refractivity contribution in [2.45, 2.75) is 32.9 Å². The quantitative estimate of drug-likeness (QED) is 0.428. The van der Waals surface area contributed by atoms with Crippen LogP contribution in [0.4, 0.5) is 5.69 Å². The molecule has 1 rings (SSSR count). The standard InChI is InChI=1S/C14H22N2O3/c1-3-4-8-18-14(16-11(2)17)10-19-13-7-5-6-12(15)9-13/h5-7,9,14H,3-4,8,10,15H2,1-2H3,(H,16,17). The Hall–Kier alpha value is -1.75. The van der Waals surface area contributed by atoms with Gasteiger partial charge in [-0.1, -0.05) is 19.4 Å². The van der Waals surface area contributed by atoms with Gasteiger partial charge >= 0.3 is 0 Å². The average molecular weight is 266 g/mol. The second-order valence-electron chi connectivity index (χ2n) is 4.30. The van der Waals surface area contributed by atoms with Crippen LogP contribution < -0.4 is 15.8 Å². The maximum atomic E-state index is 11.1. The first-order valence-electron chi connectivity index (χ1n) is 6.49. The molecule has 1 amide bonds. The maximum Gasteiger partial charge on any atom is 0.218 e. The molecule has 1 aromatic carbocycles. The van der Waals surface area contributed by atoms with Gasteiger partial charge in [-0.25, -0.2) is 0 Å². The lowest BCUT2D eigenvalue weighted by molar-refractivity contribution is -0.124. The summed E-state index contributed by atoms with van der Waals surface area (Å²) in [7, 11) is 0. The van der Waals surface area contributed by atoms with E-state index in [1.807, 2.05) is 12.1 Å². The number of nitrogens with two attached hydrogens (primary N) is 1. The Labute approximate surface area is 114 Å². The van der Waals surface area contributed by atoms with Gasteiger partial charge in [-0.3, -0.25) is 4.79 Å². The van der Waals surface area contributed by atoms with Crippen LogP contribution in [-0.4, -0.2) is 25.3 Å². The number of rotatable bonds is 8. The molecule has 0 spiro atoms. The van der Waals surface area contributed by atoms with Gasteiger partial charge in [-0.2, -0.15) is 0 Å². The first kappa shape index (κ1) is 15.3. The summed E-state index contributed by atoms with van der Waals surface area (Å²) in [5, 5.41) is 2.71. The fraction of sp³-hybridized carbons (Fsp3) is 0.500. The third kappa shape index (κ3) is 6.67. The summed E-state index contributed by atoms with van der Waals surface area (Å²) in [6.07, 6.45) is 1.56. The van der Waals surface area contributed by atoms with E-state index in [1.54, 1.807) is 12.1 Å². The lowest BCUT2D eigenvalue weighted by atomic mass is 10.3. The van der Waals surface area contributed by atoms with Gasteiger partial charge in [-0.15, -0.1) is 0 Å². The van der Waals surface area contributed by atoms with Crippen LogP contribution in [0.3, 0.4) is 0 Å². The third-order valence-corrected chi connectivity index (χ3v) is 2.44. The van der Waals surface area contributed by atoms with E-state index in [-0.39, 0.29) is 12.5 Å². The van der Waals surface area contributed by atoms with E-state index < -0.39 is 6.23 Å². The first-order chi connectivity index (χ1) is 9.11. The molecule has 5 nitrogen and oxygen atoms in total. The zero-order valence-electron chi connectivity index (χ0n) is 11.5. The molecule has 0 saturated carbocycles. The van der Waals surface area contributed by atoms with Gasteiger partial charge in [0.25, 0.3) is 0 Å². The Morgan fingerprint density at radius 1 is 1.47 bits per heavy atom. The molecule has 19 heavy (non-hydrogen) atoms. The van der Waals surface area contributed by atoms with E-state index in [9.17, 15) is 4.79 Å². The van der Waals surface area contributed by atoms with E-state index in [0.717, 1.165) is 12.8 Å². The number of unbranched alkanes of at least 4 members (excludes halogenated alkanes) is 1. The first-order valence-corrected chi connectivity index (χ1v) is 6.49. The predicted octanol–water partition coefficient (Wildman–Crippen LogP) is 1.93. The molecule has 3 N–H and O–H groups in total. The molecule has 0 aromatic heterocycles. The Bertz CT molecular complexity index is 396. The van der Waals surface area contributed by atoms with Gasteiger partial charge in [0.2, 0.25) is 5.91 Å². The number of carbonyl (C=O) groups is 1. The lowest BCUT2D eigenvalue weighted by Crippen LogP contribution is -2.40. The van der Waals surface area contributed by atoms with Gasteiger partial charge in [0.1, 0.15) is 12.4 Å². The fourth-order valence-electron chi connectivity index (χ4n) is 1.50. The van der Waals surface area contributed by atoms with Crippen molar-refractivity contribution in [1.82, 2.24) is 5.32 Å². The number of amides is 1. The molecule has 1 atom stereocenters. The van der Waals surface area contributed by atoms with Crippen LogP contribution >= 0.6 is 0 Å². The van der Waals surface area contributed by atoms with Crippen LogP contribution in [-0.2, 0) is 9.53 Å². The molecule has 106 valence electrons. The summed E-state index contributed by atoms with van der Waals surface area (Å²) in [5.74, 6) is 0.520. The minimum Gasteiger partial charge on any atom is -0.489 e. The van der Waals surface area contributed by atoms with E-state index in [2.05, 4.69) is 12.2 Å². The van der Waals surface area contributed by atoms with Crippen LogP contribution in [0.25, 0.3) is 0 Å². The molecule has 1 unspecified atom stereocenters. The topological polar surface area (TPSA) is 73.6 Å². The van der Waals surface area contributed by atoms with Crippen molar-refractivity contribution >= 4 is 11.6 Å². The minimum absolute atomic E-state index is 0.141. The summed E-state index contributed by atoms with van der Waals surface area (Å²) < 4.78 is 11.1. The molecule has 5 heteroatoms. The van der Waals surface area contributed by atoms with Gasteiger partial charge in [0.15, 0.2) is 6.23 Å². The highest BCUT2D eigenvalue weighted by Crippen LogP contribution is 2.14. The summed E-state index contributed by atoms with van der Waals surface area (Å²) >= 11 is 0. The molecule has 0 fully saturated rings. The number of hydrogen-bond donors (Lipinski definition) is 2. The second kappa shape index (κ2) is 8.37. The van der Waals surface area contributed by atoms with Crippen molar-refractivity contribution in [3.63, 3.8) is 0 Å². The van der Waals surface area contributed by atoms with Gasteiger partial charge in [0, 0.05) is 25.3 Å². The van der Waals surface area contributed by atoms with Gasteiger partial charge in [0.05, 0.1) is 0 Å². The molecule has 1 aromatic rings. The Morgan fingerprint density at radius 3 is 2.89 bits per heavy atom. The largest absolute Gasteiger partial charge is 0.489 e. The molecular weight excluding hydrogens is 244 g/mol. The Morgan fingerprint density at radius 2 is 2.26 bits per heavy atom. The van der Waals surface area contributed by atoms with Crippen LogP contribution in [0.5, 0.6) is 5.75 Å². The van der Waals surface area contributed by atoms with Crippen LogP contribution in [0.2, 0.25) is 0 Å². The molecule has 0 bridgehead atoms. The minimum atomic E-state index is -0.439. The van der Waals surface area contributed by atoms with Crippen LogP contribution in [0.15, 0.2) is 24.3 Å². The second-order valence-corrected chi connectivity index (χ2v) is 4.30. The van der Waals surface area contributed by atoms with Crippen molar-refractivity contribution in [2.24, 2.45) is 0 Å². The number of nitrogens with one attached hydrogen (secondary N) is 1. The number of benzene rings is 1. The van der Waals surface area contributed by atoms with Gasteiger partial charge < -0.3 is 20.5 Å². The molecule has 0 aliphatic rings. The summed E-state index contributed by atoms with van der Waals surface area (Å²) in [6, 6.07) is 7.15. The fourth-order valence-corrected chi connectivity index (χ4v) is 1.50. The molecule has 0 aliphatic heterocycles. The number of carbonyl (C=O) groups excluding carboxylic acids is 1. The third-order valence-electron chi connectivity index (χ3n) is 2.44. The summed E-state index contributed by atoms with van der Waals surface area (Å²) in [5.41, 5.74) is 6.30. The van der Waals surface area contributed by atoms with Crippen molar-refractivity contribution < 1.29 is 14.3 Å². The molecular formula is C14H22N2O3. The maximum absolute atomic E-state index is 11.1. The number of hydrogen-bond acceptors (Lipinski definition) is 4. The highest BCUT2D eigenvalue weighted by atomic mass is 16.5. The number of anilines is 1. The number of nitrogen functional groups attached to an aromatic ring is 1. The summed E-state index contributed by atoms with van der Waals surface area (Å²) in [6.45, 7) is 4.39. The Kier molecular flexibility index (Phi) is 6.74. The van der Waals surface area contributed by atoms with Crippen LogP contribution in [0.1, 0.15) is 26.7 Å². The highest BCUT2D eigenvalue weighted by Gasteiger charge is 2.11. The monoisotopic (exact) mass is 266 g/mol. The van der Waals surface area contributed by atoms with Crippen molar-refractivity contribution in [1.29, 1.82) is 0 Å². The molecule has 0 saturated heterocycles. The zero-order chi connectivity index (χ0) is 14.1. The van der Waals surface area contributed by atoms with Gasteiger partial charge in [-0.05, 0) is 18.6 Å². The van der Waals surface area contributed by atoms with Crippen molar-refractivity contribution in [3.8, 4) is 5.75 Å². The lowest BCUT2D eigenvalue weighted by Gasteiger charge is -2.19. The Balaban J connectivity index is 2.44. The van der Waals surface area contributed by atoms with E-state index in [4.69, 9.17) is 15.2 Å².